The van der Waals surface area contributed by atoms with Gasteiger partial charge in [-0.15, -0.1) is 11.3 Å². The standard InChI is InChI=1S/C24H33Cl2N5O4S2/c1-14(2)7-19(22(27)33)29-23(34)20-12-36-24(30-20)37-13-21(32)28-9-16-11-31(5-6-35-16)10-15-3-4-17(25)18(26)8-15/h4,8,12,14-16,19H,3,5-7,9-11,13H2,1-2H3,(H2,27,33)(H,28,32)(H,29,34)/t15?,16-,19-/m0/s1. The molecule has 13 heteroatoms. The molecule has 1 saturated heterocycles. The van der Waals surface area contributed by atoms with Crippen LogP contribution in [0.15, 0.2) is 31.9 Å². The second-order valence-corrected chi connectivity index (χ2v) is 12.4. The molecule has 1 unspecified atom stereocenters. The van der Waals surface area contributed by atoms with Crippen LogP contribution in [0, 0.1) is 11.8 Å². The van der Waals surface area contributed by atoms with Gasteiger partial charge in [0.1, 0.15) is 11.7 Å². The van der Waals surface area contributed by atoms with Gasteiger partial charge in [-0.2, -0.15) is 0 Å². The molecule has 3 amide bonds. The molecule has 0 saturated carbocycles. The van der Waals surface area contributed by atoms with Gasteiger partial charge in [0, 0.05) is 31.6 Å². The van der Waals surface area contributed by atoms with Gasteiger partial charge in [0.05, 0.1) is 28.5 Å². The first kappa shape index (κ1) is 29.9. The number of thioether (sulfide) groups is 1. The summed E-state index contributed by atoms with van der Waals surface area (Å²) in [5, 5.41) is 8.37. The second-order valence-electron chi connectivity index (χ2n) is 9.46. The maximum Gasteiger partial charge on any atom is 0.271 e. The molecule has 1 aromatic heterocycles. The van der Waals surface area contributed by atoms with Crippen molar-refractivity contribution in [1.29, 1.82) is 0 Å². The molecule has 2 aliphatic rings. The number of allylic oxidation sites excluding steroid dienone is 3. The van der Waals surface area contributed by atoms with Crippen LogP contribution in [-0.4, -0.2) is 78.3 Å². The van der Waals surface area contributed by atoms with E-state index < -0.39 is 17.9 Å². The quantitative estimate of drug-likeness (QED) is 0.320. The van der Waals surface area contributed by atoms with Gasteiger partial charge in [0.15, 0.2) is 4.34 Å². The van der Waals surface area contributed by atoms with Crippen LogP contribution in [0.25, 0.3) is 0 Å². The van der Waals surface area contributed by atoms with Gasteiger partial charge < -0.3 is 21.1 Å². The fourth-order valence-corrected chi connectivity index (χ4v) is 6.06. The Bertz CT molecular complexity index is 1030. The van der Waals surface area contributed by atoms with Gasteiger partial charge in [-0.1, -0.05) is 61.0 Å². The van der Waals surface area contributed by atoms with Crippen LogP contribution in [0.5, 0.6) is 0 Å². The van der Waals surface area contributed by atoms with Crippen LogP contribution in [0.2, 0.25) is 0 Å². The van der Waals surface area contributed by atoms with Gasteiger partial charge in [-0.3, -0.25) is 19.3 Å². The first-order valence-corrected chi connectivity index (χ1v) is 14.7. The van der Waals surface area contributed by atoms with E-state index in [0.717, 1.165) is 26.1 Å². The molecule has 37 heavy (non-hydrogen) atoms. The van der Waals surface area contributed by atoms with Gasteiger partial charge in [-0.05, 0) is 24.7 Å². The molecular formula is C24H33Cl2N5O4S2. The van der Waals surface area contributed by atoms with Crippen molar-refractivity contribution in [2.45, 2.75) is 43.2 Å². The molecule has 1 aliphatic carbocycles. The van der Waals surface area contributed by atoms with E-state index in [9.17, 15) is 14.4 Å². The fraction of sp³-hybridized carbons (Fsp3) is 0.583. The normalized spacial score (nSPS) is 21.2. The molecule has 204 valence electrons. The number of aromatic nitrogens is 1. The summed E-state index contributed by atoms with van der Waals surface area (Å²) in [6, 6.07) is -0.749. The number of amides is 3. The lowest BCUT2D eigenvalue weighted by atomic mass is 9.99. The molecule has 0 aromatic carbocycles. The van der Waals surface area contributed by atoms with Crippen molar-refractivity contribution in [2.24, 2.45) is 17.6 Å². The number of carbonyl (C=O) groups excluding carboxylic acids is 3. The Kier molecular flexibility index (Phi) is 11.7. The maximum absolute atomic E-state index is 12.5. The molecular weight excluding hydrogens is 557 g/mol. The van der Waals surface area contributed by atoms with Gasteiger partial charge >= 0.3 is 0 Å². The Morgan fingerprint density at radius 3 is 2.81 bits per heavy atom. The Hall–Kier alpha value is -1.63. The number of ether oxygens (including phenoxy) is 1. The van der Waals surface area contributed by atoms with Gasteiger partial charge in [0.25, 0.3) is 5.91 Å². The molecule has 1 fully saturated rings. The highest BCUT2D eigenvalue weighted by Crippen LogP contribution is 2.29. The zero-order valence-corrected chi connectivity index (χ0v) is 24.0. The van der Waals surface area contributed by atoms with Crippen molar-refractivity contribution in [2.75, 3.05) is 38.5 Å². The number of rotatable bonds is 12. The van der Waals surface area contributed by atoms with E-state index in [1.807, 2.05) is 26.0 Å². The lowest BCUT2D eigenvalue weighted by molar-refractivity contribution is -0.120. The van der Waals surface area contributed by atoms with E-state index >= 15 is 0 Å². The fourth-order valence-electron chi connectivity index (χ4n) is 4.02. The summed E-state index contributed by atoms with van der Waals surface area (Å²) in [6.07, 6.45) is 5.17. The third-order valence-electron chi connectivity index (χ3n) is 5.85. The van der Waals surface area contributed by atoms with Crippen molar-refractivity contribution in [1.82, 2.24) is 20.5 Å². The van der Waals surface area contributed by atoms with Crippen LogP contribution in [-0.2, 0) is 14.3 Å². The van der Waals surface area contributed by atoms with Crippen molar-refractivity contribution in [3.8, 4) is 0 Å². The van der Waals surface area contributed by atoms with E-state index in [-0.39, 0.29) is 29.4 Å². The number of hydrogen-bond acceptors (Lipinski definition) is 8. The van der Waals surface area contributed by atoms with E-state index in [1.54, 1.807) is 5.38 Å². The predicted molar refractivity (Wildman–Crippen MR) is 148 cm³/mol. The Morgan fingerprint density at radius 2 is 2.11 bits per heavy atom. The van der Waals surface area contributed by atoms with E-state index in [1.165, 1.54) is 23.1 Å². The van der Waals surface area contributed by atoms with E-state index in [2.05, 4.69) is 20.5 Å². The molecule has 0 radical (unpaired) electrons. The summed E-state index contributed by atoms with van der Waals surface area (Å²) >= 11 is 14.7. The van der Waals surface area contributed by atoms with Crippen LogP contribution >= 0.6 is 46.3 Å². The van der Waals surface area contributed by atoms with Crippen LogP contribution in [0.3, 0.4) is 0 Å². The van der Waals surface area contributed by atoms with Crippen LogP contribution in [0.4, 0.5) is 0 Å². The molecule has 0 spiro atoms. The second kappa shape index (κ2) is 14.5. The summed E-state index contributed by atoms with van der Waals surface area (Å²) < 4.78 is 6.42. The monoisotopic (exact) mass is 589 g/mol. The molecule has 3 atom stereocenters. The summed E-state index contributed by atoms with van der Waals surface area (Å²) in [5.74, 6) is -0.501. The van der Waals surface area contributed by atoms with Crippen molar-refractivity contribution in [3.05, 3.63) is 33.3 Å². The van der Waals surface area contributed by atoms with Crippen molar-refractivity contribution >= 4 is 64.0 Å². The number of halogens is 2. The highest BCUT2D eigenvalue weighted by molar-refractivity contribution is 8.01. The van der Waals surface area contributed by atoms with Gasteiger partial charge in [-0.25, -0.2) is 4.98 Å². The maximum atomic E-state index is 12.5. The van der Waals surface area contributed by atoms with Gasteiger partial charge in [0.2, 0.25) is 11.8 Å². The number of nitrogens with zero attached hydrogens (tertiary/aromatic N) is 2. The molecule has 1 aromatic rings. The number of nitrogens with one attached hydrogen (secondary N) is 2. The zero-order chi connectivity index (χ0) is 26.9. The van der Waals surface area contributed by atoms with Crippen LogP contribution < -0.4 is 16.4 Å². The third kappa shape index (κ3) is 9.88. The highest BCUT2D eigenvalue weighted by Gasteiger charge is 2.25. The molecule has 2 heterocycles. The van der Waals surface area contributed by atoms with E-state index in [4.69, 9.17) is 33.7 Å². The van der Waals surface area contributed by atoms with Crippen molar-refractivity contribution < 1.29 is 19.1 Å². The topological polar surface area (TPSA) is 127 Å². The summed E-state index contributed by atoms with van der Waals surface area (Å²) in [7, 11) is 0. The zero-order valence-electron chi connectivity index (χ0n) is 20.9. The minimum Gasteiger partial charge on any atom is -0.374 e. The van der Waals surface area contributed by atoms with E-state index in [0.29, 0.717) is 39.9 Å². The SMILES string of the molecule is CC(C)C[C@H](NC(=O)c1csc(SCC(=O)NC[C@H]2CN(CC3C=C(Cl)C(Cl)=CC3)CCO2)n1)C(N)=O. The average molecular weight is 591 g/mol. The third-order valence-corrected chi connectivity index (χ3v) is 8.66. The lowest BCUT2D eigenvalue weighted by Gasteiger charge is -2.35. The highest BCUT2D eigenvalue weighted by atomic mass is 35.5. The minimum atomic E-state index is -0.749. The molecule has 4 N–H and O–H groups in total. The number of hydrogen-bond donors (Lipinski definition) is 3. The molecule has 3 rings (SSSR count). The summed E-state index contributed by atoms with van der Waals surface area (Å²) in [6.45, 7) is 7.32. The summed E-state index contributed by atoms with van der Waals surface area (Å²) in [4.78, 5) is 43.0. The first-order chi connectivity index (χ1) is 17.6. The number of carbonyl (C=O) groups is 3. The summed E-state index contributed by atoms with van der Waals surface area (Å²) in [5.41, 5.74) is 5.59. The smallest absolute Gasteiger partial charge is 0.271 e. The molecule has 1 aliphatic heterocycles. The Balaban J connectivity index is 1.38. The minimum absolute atomic E-state index is 0.0934. The van der Waals surface area contributed by atoms with Crippen LogP contribution in [0.1, 0.15) is 37.2 Å². The Morgan fingerprint density at radius 1 is 1.32 bits per heavy atom. The largest absolute Gasteiger partial charge is 0.374 e. The molecule has 0 bridgehead atoms. The first-order valence-electron chi connectivity index (χ1n) is 12.1. The number of thiazole rings is 1. The number of morpholine rings is 1. The average Bonchev–Trinajstić information content (AvgIpc) is 3.32. The number of nitrogens with two attached hydrogens (primary N) is 1. The Labute approximate surface area is 235 Å². The predicted octanol–water partition coefficient (Wildman–Crippen LogP) is 2.95. The number of primary amides is 1. The molecule has 9 nitrogen and oxygen atoms in total. The lowest BCUT2D eigenvalue weighted by Crippen LogP contribution is -2.48. The van der Waals surface area contributed by atoms with Crippen molar-refractivity contribution in [3.63, 3.8) is 0 Å².